The second-order valence-electron chi connectivity index (χ2n) is 7.40. The lowest BCUT2D eigenvalue weighted by molar-refractivity contribution is 0.279. The quantitative estimate of drug-likeness (QED) is 0.466. The lowest BCUT2D eigenvalue weighted by atomic mass is 10.0. The van der Waals surface area contributed by atoms with Crippen LogP contribution >= 0.6 is 0 Å². The van der Waals surface area contributed by atoms with Crippen LogP contribution in [0.25, 0.3) is 17.0 Å². The van der Waals surface area contributed by atoms with E-state index in [0.717, 1.165) is 28.8 Å². The molecule has 7 heteroatoms. The van der Waals surface area contributed by atoms with Crippen LogP contribution in [0.3, 0.4) is 0 Å². The summed E-state index contributed by atoms with van der Waals surface area (Å²) < 4.78 is 35.6. The molecule has 0 atom stereocenters. The Kier molecular flexibility index (Phi) is 5.83. The standard InChI is InChI=1S/C25H20F2N2O3/c1-3-16-4-5-18(15(2)8-16)12-29-14-28-25(31)20-11-19(6-7-23(20)29)32-24-21(26)9-17(13-30)10-22(24)27/h3-11,14,30H,1,12-13H2,2H3. The molecule has 3 aromatic carbocycles. The molecule has 1 N–H and O–H groups in total. The van der Waals surface area contributed by atoms with Gasteiger partial charge in [-0.25, -0.2) is 8.78 Å². The normalized spacial score (nSPS) is 11.0. The van der Waals surface area contributed by atoms with Gasteiger partial charge in [-0.3, -0.25) is 4.79 Å². The monoisotopic (exact) mass is 434 g/mol. The molecular formula is C25H20F2N2O3. The molecule has 0 saturated carbocycles. The van der Waals surface area contributed by atoms with Crippen LogP contribution in [0.15, 0.2) is 66.2 Å². The van der Waals surface area contributed by atoms with Crippen molar-refractivity contribution in [1.82, 2.24) is 9.55 Å². The first-order valence-electron chi connectivity index (χ1n) is 9.87. The molecule has 0 aliphatic heterocycles. The van der Waals surface area contributed by atoms with E-state index in [2.05, 4.69) is 11.6 Å². The molecule has 0 saturated heterocycles. The van der Waals surface area contributed by atoms with Crippen molar-refractivity contribution in [2.75, 3.05) is 0 Å². The fraction of sp³-hybridized carbons (Fsp3) is 0.120. The van der Waals surface area contributed by atoms with E-state index in [0.29, 0.717) is 12.1 Å². The summed E-state index contributed by atoms with van der Waals surface area (Å²) in [5.74, 6) is -2.41. The van der Waals surface area contributed by atoms with E-state index in [1.54, 1.807) is 12.1 Å². The highest BCUT2D eigenvalue weighted by atomic mass is 19.1. The zero-order valence-electron chi connectivity index (χ0n) is 17.3. The number of halogens is 2. The smallest absolute Gasteiger partial charge is 0.280 e. The molecule has 32 heavy (non-hydrogen) atoms. The lowest BCUT2D eigenvalue weighted by Crippen LogP contribution is -2.13. The predicted molar refractivity (Wildman–Crippen MR) is 119 cm³/mol. The highest BCUT2D eigenvalue weighted by Crippen LogP contribution is 2.30. The summed E-state index contributed by atoms with van der Waals surface area (Å²) in [6, 6.07) is 12.6. The van der Waals surface area contributed by atoms with Crippen LogP contribution in [0.1, 0.15) is 22.3 Å². The van der Waals surface area contributed by atoms with Gasteiger partial charge in [-0.15, -0.1) is 0 Å². The van der Waals surface area contributed by atoms with Gasteiger partial charge in [0.25, 0.3) is 5.56 Å². The molecule has 5 nitrogen and oxygen atoms in total. The summed E-state index contributed by atoms with van der Waals surface area (Å²) in [5, 5.41) is 9.33. The van der Waals surface area contributed by atoms with Gasteiger partial charge in [-0.1, -0.05) is 30.9 Å². The van der Waals surface area contributed by atoms with E-state index in [9.17, 15) is 13.6 Å². The number of fused-ring (bicyclic) bond motifs is 1. The molecule has 0 bridgehead atoms. The highest BCUT2D eigenvalue weighted by Gasteiger charge is 2.15. The van der Waals surface area contributed by atoms with Crippen molar-refractivity contribution in [2.45, 2.75) is 20.1 Å². The summed E-state index contributed by atoms with van der Waals surface area (Å²) in [6.07, 6.45) is 3.25. The van der Waals surface area contributed by atoms with Crippen LogP contribution < -0.4 is 10.3 Å². The molecule has 1 heterocycles. The maximum Gasteiger partial charge on any atom is 0.280 e. The third kappa shape index (κ3) is 4.15. The summed E-state index contributed by atoms with van der Waals surface area (Å²) in [6.45, 7) is 5.76. The average molecular weight is 434 g/mol. The summed E-state index contributed by atoms with van der Waals surface area (Å²) in [5.41, 5.74) is 3.37. The fourth-order valence-electron chi connectivity index (χ4n) is 3.51. The molecule has 4 rings (SSSR count). The second-order valence-corrected chi connectivity index (χ2v) is 7.40. The van der Waals surface area contributed by atoms with Crippen LogP contribution in [0.4, 0.5) is 8.78 Å². The van der Waals surface area contributed by atoms with Crippen molar-refractivity contribution in [2.24, 2.45) is 0 Å². The van der Waals surface area contributed by atoms with E-state index in [1.807, 2.05) is 29.7 Å². The van der Waals surface area contributed by atoms with Gasteiger partial charge in [0, 0.05) is 6.54 Å². The van der Waals surface area contributed by atoms with Crippen molar-refractivity contribution in [3.63, 3.8) is 0 Å². The number of rotatable bonds is 6. The van der Waals surface area contributed by atoms with Crippen LogP contribution in [-0.4, -0.2) is 14.7 Å². The second kappa shape index (κ2) is 8.72. The SMILES string of the molecule is C=Cc1ccc(Cn2cnc(=O)c3cc(Oc4c(F)cc(CO)cc4F)ccc32)c(C)c1. The van der Waals surface area contributed by atoms with Gasteiger partial charge >= 0.3 is 0 Å². The van der Waals surface area contributed by atoms with E-state index in [1.165, 1.54) is 18.5 Å². The van der Waals surface area contributed by atoms with Crippen LogP contribution in [-0.2, 0) is 13.2 Å². The molecule has 0 unspecified atom stereocenters. The molecule has 162 valence electrons. The van der Waals surface area contributed by atoms with Gasteiger partial charge in [-0.05, 0) is 59.5 Å². The Labute approximate surface area is 182 Å². The van der Waals surface area contributed by atoms with Crippen LogP contribution in [0, 0.1) is 18.6 Å². The van der Waals surface area contributed by atoms with Crippen molar-refractivity contribution in [1.29, 1.82) is 0 Å². The summed E-state index contributed by atoms with van der Waals surface area (Å²) in [7, 11) is 0. The minimum Gasteiger partial charge on any atom is -0.451 e. The first-order valence-corrected chi connectivity index (χ1v) is 9.87. The number of hydrogen-bond acceptors (Lipinski definition) is 4. The zero-order valence-corrected chi connectivity index (χ0v) is 17.3. The first-order chi connectivity index (χ1) is 15.4. The highest BCUT2D eigenvalue weighted by molar-refractivity contribution is 5.79. The van der Waals surface area contributed by atoms with Crippen LogP contribution in [0.5, 0.6) is 11.5 Å². The number of aromatic nitrogens is 2. The topological polar surface area (TPSA) is 64.4 Å². The number of ether oxygens (including phenoxy) is 1. The molecule has 0 spiro atoms. The molecule has 0 fully saturated rings. The summed E-state index contributed by atoms with van der Waals surface area (Å²) >= 11 is 0. The molecule has 1 aromatic heterocycles. The Morgan fingerprint density at radius 2 is 1.88 bits per heavy atom. The van der Waals surface area contributed by atoms with Gasteiger partial charge in [-0.2, -0.15) is 4.98 Å². The van der Waals surface area contributed by atoms with Crippen molar-refractivity contribution in [3.8, 4) is 11.5 Å². The molecule has 0 radical (unpaired) electrons. The van der Waals surface area contributed by atoms with E-state index < -0.39 is 29.6 Å². The maximum atomic E-state index is 14.2. The lowest BCUT2D eigenvalue weighted by Gasteiger charge is -2.14. The minimum atomic E-state index is -0.948. The fourth-order valence-corrected chi connectivity index (χ4v) is 3.51. The Morgan fingerprint density at radius 3 is 2.53 bits per heavy atom. The van der Waals surface area contributed by atoms with Crippen molar-refractivity contribution in [3.05, 3.63) is 106 Å². The Balaban J connectivity index is 1.71. The van der Waals surface area contributed by atoms with Gasteiger partial charge < -0.3 is 14.4 Å². The third-order valence-corrected chi connectivity index (χ3v) is 5.23. The van der Waals surface area contributed by atoms with Crippen LogP contribution in [0.2, 0.25) is 0 Å². The van der Waals surface area contributed by atoms with Crippen molar-refractivity contribution < 1.29 is 18.6 Å². The third-order valence-electron chi connectivity index (χ3n) is 5.23. The number of aliphatic hydroxyl groups is 1. The Bertz CT molecular complexity index is 1370. The number of aryl methyl sites for hydroxylation is 1. The first kappa shape index (κ1) is 21.4. The van der Waals surface area contributed by atoms with Gasteiger partial charge in [0.1, 0.15) is 5.75 Å². The molecule has 0 aliphatic carbocycles. The summed E-state index contributed by atoms with van der Waals surface area (Å²) in [4.78, 5) is 16.3. The number of aliphatic hydroxyl groups excluding tert-OH is 1. The minimum absolute atomic E-state index is 0.0920. The van der Waals surface area contributed by atoms with E-state index in [-0.39, 0.29) is 16.7 Å². The van der Waals surface area contributed by atoms with Gasteiger partial charge in [0.05, 0.1) is 23.8 Å². The van der Waals surface area contributed by atoms with E-state index in [4.69, 9.17) is 9.84 Å². The van der Waals surface area contributed by atoms with Gasteiger partial charge in [0.2, 0.25) is 0 Å². The molecular weight excluding hydrogens is 414 g/mol. The predicted octanol–water partition coefficient (Wildman–Crippen LogP) is 4.96. The number of benzene rings is 3. The Morgan fingerprint density at radius 1 is 1.12 bits per heavy atom. The molecule has 0 aliphatic rings. The van der Waals surface area contributed by atoms with Gasteiger partial charge in [0.15, 0.2) is 17.4 Å². The maximum absolute atomic E-state index is 14.2. The number of hydrogen-bond donors (Lipinski definition) is 1. The van der Waals surface area contributed by atoms with Crippen molar-refractivity contribution >= 4 is 17.0 Å². The number of nitrogens with zero attached hydrogens (tertiary/aromatic N) is 2. The largest absolute Gasteiger partial charge is 0.451 e. The molecule has 4 aromatic rings. The molecule has 0 amide bonds. The van der Waals surface area contributed by atoms with E-state index >= 15 is 0 Å². The zero-order chi connectivity index (χ0) is 22.8. The average Bonchev–Trinajstić information content (AvgIpc) is 2.79. The Hall–Kier alpha value is -3.84.